The van der Waals surface area contributed by atoms with Crippen LogP contribution in [0.25, 0.3) is 11.3 Å². The van der Waals surface area contributed by atoms with E-state index in [0.29, 0.717) is 18.8 Å². The molecule has 4 aromatic rings. The van der Waals surface area contributed by atoms with Crippen LogP contribution in [0, 0.1) is 6.92 Å². The van der Waals surface area contributed by atoms with E-state index in [9.17, 15) is 9.59 Å². The maximum absolute atomic E-state index is 13.2. The summed E-state index contributed by atoms with van der Waals surface area (Å²) < 4.78 is 5.16. The van der Waals surface area contributed by atoms with Crippen LogP contribution in [0.2, 0.25) is 0 Å². The third kappa shape index (κ3) is 3.35. The Bertz CT molecular complexity index is 1340. The first-order valence-corrected chi connectivity index (χ1v) is 10.8. The van der Waals surface area contributed by atoms with Crippen molar-refractivity contribution < 1.29 is 4.79 Å². The molecule has 0 radical (unpaired) electrons. The maximum Gasteiger partial charge on any atom is 0.284 e. The summed E-state index contributed by atoms with van der Waals surface area (Å²) in [5, 5.41) is 7.66. The van der Waals surface area contributed by atoms with Crippen molar-refractivity contribution in [3.8, 4) is 5.69 Å². The van der Waals surface area contributed by atoms with Gasteiger partial charge in [0.25, 0.3) is 11.5 Å². The van der Waals surface area contributed by atoms with Gasteiger partial charge in [-0.1, -0.05) is 18.2 Å². The van der Waals surface area contributed by atoms with Crippen molar-refractivity contribution in [2.45, 2.75) is 32.9 Å². The third-order valence-corrected chi connectivity index (χ3v) is 6.01. The van der Waals surface area contributed by atoms with Gasteiger partial charge in [-0.25, -0.2) is 14.2 Å². The van der Waals surface area contributed by atoms with Gasteiger partial charge in [0.05, 0.1) is 11.4 Å². The van der Waals surface area contributed by atoms with Crippen molar-refractivity contribution >= 4 is 17.4 Å². The van der Waals surface area contributed by atoms with E-state index in [4.69, 9.17) is 0 Å². The molecular weight excluding hydrogens is 406 g/mol. The fourth-order valence-corrected chi connectivity index (χ4v) is 4.43. The summed E-state index contributed by atoms with van der Waals surface area (Å²) in [6, 6.07) is 13.2. The zero-order valence-electron chi connectivity index (χ0n) is 18.1. The molecule has 3 aromatic heterocycles. The van der Waals surface area contributed by atoms with E-state index in [-0.39, 0.29) is 23.1 Å². The number of hydrogen-bond donors (Lipinski definition) is 1. The van der Waals surface area contributed by atoms with Crippen molar-refractivity contribution in [3.05, 3.63) is 76.5 Å². The van der Waals surface area contributed by atoms with Crippen LogP contribution >= 0.6 is 0 Å². The lowest BCUT2D eigenvalue weighted by atomic mass is 10.2. The van der Waals surface area contributed by atoms with Gasteiger partial charge in [0, 0.05) is 38.1 Å². The molecule has 32 heavy (non-hydrogen) atoms. The van der Waals surface area contributed by atoms with Crippen molar-refractivity contribution in [1.82, 2.24) is 29.3 Å². The molecule has 1 atom stereocenters. The molecule has 1 aliphatic rings. The predicted molar refractivity (Wildman–Crippen MR) is 122 cm³/mol. The Hall–Kier alpha value is -3.88. The highest BCUT2D eigenvalue weighted by Gasteiger charge is 2.29. The van der Waals surface area contributed by atoms with Gasteiger partial charge in [-0.05, 0) is 44.5 Å². The number of fused-ring (bicyclic) bond motifs is 1. The lowest BCUT2D eigenvalue weighted by molar-refractivity contribution is 0.0938. The second kappa shape index (κ2) is 7.99. The summed E-state index contributed by atoms with van der Waals surface area (Å²) in [7, 11) is 0. The number of hydrogen-bond acceptors (Lipinski definition) is 5. The van der Waals surface area contributed by atoms with Crippen LogP contribution in [0.5, 0.6) is 0 Å². The molecule has 1 N–H and O–H groups in total. The second-order valence-corrected chi connectivity index (χ2v) is 7.96. The first kappa shape index (κ1) is 20.0. The number of amides is 1. The van der Waals surface area contributed by atoms with Gasteiger partial charge in [-0.15, -0.1) is 5.10 Å². The van der Waals surface area contributed by atoms with Gasteiger partial charge < -0.3 is 10.2 Å². The zero-order valence-corrected chi connectivity index (χ0v) is 18.1. The van der Waals surface area contributed by atoms with Crippen molar-refractivity contribution in [2.24, 2.45) is 0 Å². The van der Waals surface area contributed by atoms with Crippen LogP contribution in [0.4, 0.5) is 5.82 Å². The molecule has 4 heterocycles. The molecule has 5 rings (SSSR count). The van der Waals surface area contributed by atoms with E-state index in [0.717, 1.165) is 30.1 Å². The second-order valence-electron chi connectivity index (χ2n) is 7.96. The molecule has 0 unspecified atom stereocenters. The van der Waals surface area contributed by atoms with E-state index >= 15 is 0 Å². The molecule has 1 amide bonds. The maximum atomic E-state index is 13.2. The number of carbonyl (C=O) groups excluding carboxylic acids is 1. The van der Waals surface area contributed by atoms with Crippen molar-refractivity contribution in [1.29, 1.82) is 0 Å². The number of imidazole rings is 1. The number of anilines is 1. The standard InChI is InChI=1S/C23H25N7O2/c1-3-29-16(2)21(23(32)30(29)18-7-5-4-6-8-18)22(31)25-17-11-13-27(15-17)20-10-9-19-24-12-14-28(19)26-20/h4-10,12,14,17H,3,11,13,15H2,1-2H3,(H,25,31)/t17-/m0/s1. The Morgan fingerprint density at radius 3 is 2.78 bits per heavy atom. The van der Waals surface area contributed by atoms with E-state index in [1.807, 2.05) is 67.2 Å². The Morgan fingerprint density at radius 2 is 2.00 bits per heavy atom. The van der Waals surface area contributed by atoms with E-state index in [1.165, 1.54) is 0 Å². The molecule has 0 aliphatic carbocycles. The van der Waals surface area contributed by atoms with E-state index < -0.39 is 0 Å². The molecule has 1 fully saturated rings. The van der Waals surface area contributed by atoms with Crippen molar-refractivity contribution in [2.75, 3.05) is 18.0 Å². The highest BCUT2D eigenvalue weighted by atomic mass is 16.2. The first-order chi connectivity index (χ1) is 15.6. The minimum Gasteiger partial charge on any atom is -0.353 e. The molecular formula is C23H25N7O2. The van der Waals surface area contributed by atoms with Crippen LogP contribution in [0.15, 0.2) is 59.7 Å². The van der Waals surface area contributed by atoms with Crippen LogP contribution in [0.1, 0.15) is 29.4 Å². The smallest absolute Gasteiger partial charge is 0.284 e. The van der Waals surface area contributed by atoms with Crippen LogP contribution in [-0.2, 0) is 6.54 Å². The monoisotopic (exact) mass is 431 g/mol. The number of para-hydroxylation sites is 1. The quantitative estimate of drug-likeness (QED) is 0.522. The Kier molecular flexibility index (Phi) is 5.01. The molecule has 0 spiro atoms. The van der Waals surface area contributed by atoms with E-state index in [1.54, 1.807) is 15.4 Å². The van der Waals surface area contributed by atoms with E-state index in [2.05, 4.69) is 20.3 Å². The fraction of sp³-hybridized carbons (Fsp3) is 0.304. The normalized spacial score (nSPS) is 16.1. The number of benzene rings is 1. The SMILES string of the molecule is CCn1c(C)c(C(=O)N[C@H]2CCN(c3ccc4nccn4n3)C2)c(=O)n1-c1ccccc1. The number of nitrogens with zero attached hydrogens (tertiary/aromatic N) is 6. The summed E-state index contributed by atoms with van der Waals surface area (Å²) in [5.74, 6) is 0.515. The number of rotatable bonds is 5. The van der Waals surface area contributed by atoms with Gasteiger partial charge in [0.2, 0.25) is 0 Å². The summed E-state index contributed by atoms with van der Waals surface area (Å²) in [6.45, 7) is 5.79. The Balaban J connectivity index is 1.36. The molecule has 0 saturated carbocycles. The molecule has 1 aliphatic heterocycles. The third-order valence-electron chi connectivity index (χ3n) is 6.01. The number of aromatic nitrogens is 5. The molecule has 1 saturated heterocycles. The van der Waals surface area contributed by atoms with Gasteiger partial charge in [0.15, 0.2) is 5.65 Å². The fourth-order valence-electron chi connectivity index (χ4n) is 4.43. The highest BCUT2D eigenvalue weighted by Crippen LogP contribution is 2.19. The molecule has 0 bridgehead atoms. The zero-order chi connectivity index (χ0) is 22.2. The highest BCUT2D eigenvalue weighted by molar-refractivity contribution is 5.95. The minimum absolute atomic E-state index is 0.0586. The predicted octanol–water partition coefficient (Wildman–Crippen LogP) is 2.02. The Morgan fingerprint density at radius 1 is 1.19 bits per heavy atom. The van der Waals surface area contributed by atoms with Gasteiger partial charge in [-0.3, -0.25) is 14.3 Å². The first-order valence-electron chi connectivity index (χ1n) is 10.8. The molecule has 164 valence electrons. The number of carbonyl (C=O) groups is 1. The summed E-state index contributed by atoms with van der Waals surface area (Å²) in [5.41, 5.74) is 2.11. The lowest BCUT2D eigenvalue weighted by Gasteiger charge is -2.17. The van der Waals surface area contributed by atoms with Gasteiger partial charge in [-0.2, -0.15) is 0 Å². The van der Waals surface area contributed by atoms with Crippen LogP contribution < -0.4 is 15.8 Å². The Labute approximate surface area is 184 Å². The molecule has 1 aromatic carbocycles. The number of nitrogens with one attached hydrogen (secondary N) is 1. The summed E-state index contributed by atoms with van der Waals surface area (Å²) in [4.78, 5) is 32.7. The summed E-state index contributed by atoms with van der Waals surface area (Å²) >= 11 is 0. The molecule has 9 heteroatoms. The molecule has 9 nitrogen and oxygen atoms in total. The summed E-state index contributed by atoms with van der Waals surface area (Å²) in [6.07, 6.45) is 4.31. The van der Waals surface area contributed by atoms with Gasteiger partial charge in [0.1, 0.15) is 11.4 Å². The lowest BCUT2D eigenvalue weighted by Crippen LogP contribution is -2.39. The van der Waals surface area contributed by atoms with Crippen LogP contribution in [-0.4, -0.2) is 49.0 Å². The topological polar surface area (TPSA) is 89.5 Å². The average Bonchev–Trinajstić information content (AvgIpc) is 3.51. The van der Waals surface area contributed by atoms with Gasteiger partial charge >= 0.3 is 0 Å². The average molecular weight is 432 g/mol. The minimum atomic E-state index is -0.325. The van der Waals surface area contributed by atoms with Crippen molar-refractivity contribution in [3.63, 3.8) is 0 Å². The largest absolute Gasteiger partial charge is 0.353 e. The van der Waals surface area contributed by atoms with Crippen LogP contribution in [0.3, 0.4) is 0 Å².